The van der Waals surface area contributed by atoms with Gasteiger partial charge in [0.1, 0.15) is 0 Å². The smallest absolute Gasteiger partial charge is 0.264 e. The van der Waals surface area contributed by atoms with Crippen LogP contribution in [0.3, 0.4) is 0 Å². The minimum absolute atomic E-state index is 0.140. The molecule has 0 N–H and O–H groups in total. The molecule has 0 bridgehead atoms. The van der Waals surface area contributed by atoms with E-state index in [-0.39, 0.29) is 6.10 Å². The van der Waals surface area contributed by atoms with Crippen molar-refractivity contribution in [2.45, 2.75) is 39.2 Å². The largest absolute Gasteiger partial charge is 0.267 e. The van der Waals surface area contributed by atoms with E-state index in [2.05, 4.69) is 6.92 Å². The molecule has 0 aliphatic heterocycles. The van der Waals surface area contributed by atoms with E-state index >= 15 is 0 Å². The lowest BCUT2D eigenvalue weighted by atomic mass is 9.92. The van der Waals surface area contributed by atoms with E-state index in [1.165, 1.54) is 11.1 Å². The lowest BCUT2D eigenvalue weighted by Gasteiger charge is -2.23. The Labute approximate surface area is 79.9 Å². The fourth-order valence-electron chi connectivity index (χ4n) is 1.54. The van der Waals surface area contributed by atoms with Gasteiger partial charge in [0.2, 0.25) is 0 Å². The standard InChI is InChI=1S/C9H16O3S/c1-7-4-5-9(6-8(7)2)12-13(3,10)11/h9H,4-6H2,1-3H3. The molecule has 1 unspecified atom stereocenters. The predicted molar refractivity (Wildman–Crippen MR) is 51.9 cm³/mol. The zero-order valence-electron chi connectivity index (χ0n) is 8.33. The van der Waals surface area contributed by atoms with Crippen molar-refractivity contribution in [3.8, 4) is 0 Å². The van der Waals surface area contributed by atoms with Gasteiger partial charge in [-0.3, -0.25) is 4.18 Å². The van der Waals surface area contributed by atoms with E-state index in [1.54, 1.807) is 0 Å². The average Bonchev–Trinajstić information content (AvgIpc) is 1.94. The van der Waals surface area contributed by atoms with Crippen molar-refractivity contribution in [2.75, 3.05) is 6.26 Å². The van der Waals surface area contributed by atoms with E-state index in [4.69, 9.17) is 4.18 Å². The van der Waals surface area contributed by atoms with Crippen molar-refractivity contribution in [3.63, 3.8) is 0 Å². The second-order valence-electron chi connectivity index (χ2n) is 3.73. The van der Waals surface area contributed by atoms with Gasteiger partial charge in [0.15, 0.2) is 0 Å². The summed E-state index contributed by atoms with van der Waals surface area (Å²) in [6, 6.07) is 0. The minimum atomic E-state index is -3.29. The van der Waals surface area contributed by atoms with E-state index in [9.17, 15) is 8.42 Å². The molecule has 0 aromatic carbocycles. The summed E-state index contributed by atoms with van der Waals surface area (Å²) in [6.07, 6.45) is 3.48. The Hall–Kier alpha value is -0.350. The maximum Gasteiger partial charge on any atom is 0.264 e. The summed E-state index contributed by atoms with van der Waals surface area (Å²) in [5.41, 5.74) is 2.63. The highest BCUT2D eigenvalue weighted by molar-refractivity contribution is 7.86. The molecule has 1 rings (SSSR count). The normalized spacial score (nSPS) is 25.0. The second-order valence-corrected chi connectivity index (χ2v) is 5.33. The zero-order valence-corrected chi connectivity index (χ0v) is 9.15. The SMILES string of the molecule is CC1=C(C)CC(OS(C)(=O)=O)CC1. The van der Waals surface area contributed by atoms with Crippen molar-refractivity contribution in [3.05, 3.63) is 11.1 Å². The van der Waals surface area contributed by atoms with E-state index in [1.807, 2.05) is 6.92 Å². The molecular formula is C9H16O3S. The van der Waals surface area contributed by atoms with Crippen LogP contribution in [-0.2, 0) is 14.3 Å². The third-order valence-electron chi connectivity index (χ3n) is 2.41. The molecule has 0 spiro atoms. The Morgan fingerprint density at radius 3 is 2.38 bits per heavy atom. The van der Waals surface area contributed by atoms with Crippen LogP contribution < -0.4 is 0 Å². The maximum atomic E-state index is 10.8. The summed E-state index contributed by atoms with van der Waals surface area (Å²) in [5, 5.41) is 0. The molecule has 76 valence electrons. The molecule has 1 atom stereocenters. The number of hydrogen-bond donors (Lipinski definition) is 0. The third kappa shape index (κ3) is 3.48. The number of rotatable bonds is 2. The molecule has 0 saturated heterocycles. The van der Waals surface area contributed by atoms with Crippen LogP contribution in [0.5, 0.6) is 0 Å². The first-order valence-electron chi connectivity index (χ1n) is 4.42. The summed E-state index contributed by atoms with van der Waals surface area (Å²) < 4.78 is 26.6. The molecule has 0 fully saturated rings. The van der Waals surface area contributed by atoms with Gasteiger partial charge in [0.25, 0.3) is 10.1 Å². The highest BCUT2D eigenvalue weighted by atomic mass is 32.2. The molecule has 0 saturated carbocycles. The van der Waals surface area contributed by atoms with Crippen LogP contribution >= 0.6 is 0 Å². The number of hydrogen-bond acceptors (Lipinski definition) is 3. The van der Waals surface area contributed by atoms with Crippen LogP contribution in [0.2, 0.25) is 0 Å². The zero-order chi connectivity index (χ0) is 10.1. The molecule has 13 heavy (non-hydrogen) atoms. The van der Waals surface area contributed by atoms with Crippen LogP contribution in [0.4, 0.5) is 0 Å². The van der Waals surface area contributed by atoms with E-state index in [0.717, 1.165) is 25.5 Å². The first kappa shape index (κ1) is 10.7. The molecule has 0 amide bonds. The molecule has 4 heteroatoms. The molecule has 0 heterocycles. The van der Waals surface area contributed by atoms with Crippen molar-refractivity contribution in [1.82, 2.24) is 0 Å². The van der Waals surface area contributed by atoms with Gasteiger partial charge in [-0.15, -0.1) is 0 Å². The molecule has 0 aromatic rings. The molecular weight excluding hydrogens is 188 g/mol. The van der Waals surface area contributed by atoms with Gasteiger partial charge in [-0.25, -0.2) is 0 Å². The average molecular weight is 204 g/mol. The first-order valence-corrected chi connectivity index (χ1v) is 6.23. The summed E-state index contributed by atoms with van der Waals surface area (Å²) in [4.78, 5) is 0. The van der Waals surface area contributed by atoms with Gasteiger partial charge in [-0.1, -0.05) is 11.1 Å². The summed E-state index contributed by atoms with van der Waals surface area (Å²) >= 11 is 0. The quantitative estimate of drug-likeness (QED) is 0.509. The van der Waals surface area contributed by atoms with Crippen molar-refractivity contribution in [1.29, 1.82) is 0 Å². The molecule has 1 aliphatic carbocycles. The van der Waals surface area contributed by atoms with Crippen LogP contribution in [0.15, 0.2) is 11.1 Å². The minimum Gasteiger partial charge on any atom is -0.267 e. The molecule has 0 radical (unpaired) electrons. The molecule has 3 nitrogen and oxygen atoms in total. The van der Waals surface area contributed by atoms with Gasteiger partial charge in [0.05, 0.1) is 12.4 Å². The molecule has 1 aliphatic rings. The van der Waals surface area contributed by atoms with Crippen molar-refractivity contribution >= 4 is 10.1 Å². The highest BCUT2D eigenvalue weighted by Crippen LogP contribution is 2.26. The van der Waals surface area contributed by atoms with Gasteiger partial charge >= 0.3 is 0 Å². The predicted octanol–water partition coefficient (Wildman–Crippen LogP) is 1.85. The topological polar surface area (TPSA) is 43.4 Å². The van der Waals surface area contributed by atoms with Crippen LogP contribution in [0.25, 0.3) is 0 Å². The van der Waals surface area contributed by atoms with Gasteiger partial charge in [-0.05, 0) is 33.1 Å². The fraction of sp³-hybridized carbons (Fsp3) is 0.778. The fourth-order valence-corrected chi connectivity index (χ4v) is 2.20. The van der Waals surface area contributed by atoms with Crippen molar-refractivity contribution in [2.24, 2.45) is 0 Å². The van der Waals surface area contributed by atoms with Crippen LogP contribution in [-0.4, -0.2) is 20.8 Å². The Kier molecular flexibility index (Phi) is 3.14. The Morgan fingerprint density at radius 1 is 1.31 bits per heavy atom. The van der Waals surface area contributed by atoms with Gasteiger partial charge in [0, 0.05) is 0 Å². The van der Waals surface area contributed by atoms with Crippen molar-refractivity contribution < 1.29 is 12.6 Å². The Bertz CT molecular complexity index is 314. The summed E-state index contributed by atoms with van der Waals surface area (Å²) in [6.45, 7) is 4.12. The summed E-state index contributed by atoms with van der Waals surface area (Å²) in [7, 11) is -3.29. The monoisotopic (exact) mass is 204 g/mol. The van der Waals surface area contributed by atoms with Crippen LogP contribution in [0, 0.1) is 0 Å². The second kappa shape index (κ2) is 3.80. The lowest BCUT2D eigenvalue weighted by Crippen LogP contribution is -2.21. The van der Waals surface area contributed by atoms with Gasteiger partial charge in [-0.2, -0.15) is 8.42 Å². The first-order chi connectivity index (χ1) is 5.88. The highest BCUT2D eigenvalue weighted by Gasteiger charge is 2.20. The van der Waals surface area contributed by atoms with E-state index < -0.39 is 10.1 Å². The van der Waals surface area contributed by atoms with Crippen LogP contribution in [0.1, 0.15) is 33.1 Å². The number of allylic oxidation sites excluding steroid dienone is 1. The summed E-state index contributed by atoms with van der Waals surface area (Å²) in [5.74, 6) is 0. The lowest BCUT2D eigenvalue weighted by molar-refractivity contribution is 0.194. The maximum absolute atomic E-state index is 10.8. The Balaban J connectivity index is 2.60. The van der Waals surface area contributed by atoms with E-state index in [0.29, 0.717) is 0 Å². The third-order valence-corrected chi connectivity index (χ3v) is 3.04. The molecule has 0 aromatic heterocycles. The Morgan fingerprint density at radius 2 is 1.92 bits per heavy atom. The van der Waals surface area contributed by atoms with Gasteiger partial charge < -0.3 is 0 Å².